The number of hydrogen-bond acceptors (Lipinski definition) is 2. The van der Waals surface area contributed by atoms with Gasteiger partial charge in [-0.05, 0) is 36.0 Å². The SMILES string of the molecule is CCC1(CC)CCN(c2ccc(CO)cc2)CC1. The molecule has 0 saturated carbocycles. The fraction of sp³-hybridized carbons (Fsp3) is 0.625. The van der Waals surface area contributed by atoms with E-state index in [0.29, 0.717) is 5.41 Å². The van der Waals surface area contributed by atoms with E-state index < -0.39 is 0 Å². The zero-order valence-electron chi connectivity index (χ0n) is 11.7. The van der Waals surface area contributed by atoms with E-state index in [1.807, 2.05) is 12.1 Å². The summed E-state index contributed by atoms with van der Waals surface area (Å²) in [5, 5.41) is 9.06. The van der Waals surface area contributed by atoms with Crippen molar-refractivity contribution in [3.8, 4) is 0 Å². The van der Waals surface area contributed by atoms with Gasteiger partial charge < -0.3 is 10.0 Å². The van der Waals surface area contributed by atoms with Gasteiger partial charge in [-0.3, -0.25) is 0 Å². The molecule has 2 heteroatoms. The summed E-state index contributed by atoms with van der Waals surface area (Å²) in [6.07, 6.45) is 5.23. The number of aliphatic hydroxyl groups excluding tert-OH is 1. The second-order valence-electron chi connectivity index (χ2n) is 5.52. The van der Waals surface area contributed by atoms with Crippen molar-refractivity contribution in [3.05, 3.63) is 29.8 Å². The summed E-state index contributed by atoms with van der Waals surface area (Å²) in [5.41, 5.74) is 2.88. The summed E-state index contributed by atoms with van der Waals surface area (Å²) in [4.78, 5) is 2.48. The van der Waals surface area contributed by atoms with Gasteiger partial charge in [0.25, 0.3) is 0 Å². The molecule has 0 aliphatic carbocycles. The van der Waals surface area contributed by atoms with Crippen LogP contribution in [-0.4, -0.2) is 18.2 Å². The normalized spacial score (nSPS) is 18.9. The monoisotopic (exact) mass is 247 g/mol. The van der Waals surface area contributed by atoms with E-state index in [-0.39, 0.29) is 6.61 Å². The van der Waals surface area contributed by atoms with E-state index in [1.165, 1.54) is 44.5 Å². The van der Waals surface area contributed by atoms with E-state index in [4.69, 9.17) is 5.11 Å². The summed E-state index contributed by atoms with van der Waals surface area (Å²) in [5.74, 6) is 0. The lowest BCUT2D eigenvalue weighted by molar-refractivity contribution is 0.199. The molecular formula is C16H25NO. The average Bonchev–Trinajstić information content (AvgIpc) is 2.47. The van der Waals surface area contributed by atoms with Crippen molar-refractivity contribution in [2.45, 2.75) is 46.1 Å². The van der Waals surface area contributed by atoms with E-state index in [9.17, 15) is 0 Å². The third-order valence-electron chi connectivity index (χ3n) is 4.81. The molecule has 1 fully saturated rings. The molecule has 0 bridgehead atoms. The van der Waals surface area contributed by atoms with Gasteiger partial charge in [0, 0.05) is 18.8 Å². The first-order valence-corrected chi connectivity index (χ1v) is 7.18. The van der Waals surface area contributed by atoms with E-state index in [0.717, 1.165) is 5.56 Å². The van der Waals surface area contributed by atoms with E-state index >= 15 is 0 Å². The highest BCUT2D eigenvalue weighted by atomic mass is 16.3. The Bertz CT molecular complexity index is 357. The lowest BCUT2D eigenvalue weighted by atomic mass is 9.74. The molecule has 100 valence electrons. The van der Waals surface area contributed by atoms with Crippen LogP contribution >= 0.6 is 0 Å². The lowest BCUT2D eigenvalue weighted by Gasteiger charge is -2.42. The van der Waals surface area contributed by atoms with Gasteiger partial charge >= 0.3 is 0 Å². The first kappa shape index (κ1) is 13.4. The maximum atomic E-state index is 9.06. The minimum atomic E-state index is 0.134. The highest BCUT2D eigenvalue weighted by Crippen LogP contribution is 2.39. The Balaban J connectivity index is 2.00. The zero-order valence-corrected chi connectivity index (χ0v) is 11.7. The number of anilines is 1. The molecule has 2 rings (SSSR count). The van der Waals surface area contributed by atoms with Gasteiger partial charge in [0.1, 0.15) is 0 Å². The van der Waals surface area contributed by atoms with Gasteiger partial charge in [0.15, 0.2) is 0 Å². The smallest absolute Gasteiger partial charge is 0.0681 e. The quantitative estimate of drug-likeness (QED) is 0.879. The van der Waals surface area contributed by atoms with E-state index in [1.54, 1.807) is 0 Å². The lowest BCUT2D eigenvalue weighted by Crippen LogP contribution is -2.39. The zero-order chi connectivity index (χ0) is 13.0. The Morgan fingerprint density at radius 2 is 1.61 bits per heavy atom. The maximum absolute atomic E-state index is 9.06. The molecule has 0 aromatic heterocycles. The van der Waals surface area contributed by atoms with Crippen LogP contribution in [-0.2, 0) is 6.61 Å². The van der Waals surface area contributed by atoms with Crippen LogP contribution in [0.1, 0.15) is 45.1 Å². The van der Waals surface area contributed by atoms with Crippen LogP contribution in [0.5, 0.6) is 0 Å². The number of hydrogen-bond donors (Lipinski definition) is 1. The molecule has 0 spiro atoms. The van der Waals surface area contributed by atoms with Crippen LogP contribution in [0.25, 0.3) is 0 Å². The van der Waals surface area contributed by atoms with E-state index in [2.05, 4.69) is 30.9 Å². The molecule has 0 radical (unpaired) electrons. The molecule has 18 heavy (non-hydrogen) atoms. The summed E-state index contributed by atoms with van der Waals surface area (Å²) < 4.78 is 0. The Labute approximate surface area is 111 Å². The van der Waals surface area contributed by atoms with Crippen molar-refractivity contribution >= 4 is 5.69 Å². The van der Waals surface area contributed by atoms with Crippen LogP contribution in [0.3, 0.4) is 0 Å². The minimum Gasteiger partial charge on any atom is -0.392 e. The topological polar surface area (TPSA) is 23.5 Å². The predicted molar refractivity (Wildman–Crippen MR) is 76.8 cm³/mol. The minimum absolute atomic E-state index is 0.134. The number of aliphatic hydroxyl groups is 1. The van der Waals surface area contributed by atoms with Crippen molar-refractivity contribution < 1.29 is 5.11 Å². The van der Waals surface area contributed by atoms with Crippen LogP contribution in [0.4, 0.5) is 5.69 Å². The highest BCUT2D eigenvalue weighted by Gasteiger charge is 2.31. The number of rotatable bonds is 4. The fourth-order valence-electron chi connectivity index (χ4n) is 3.01. The molecule has 2 nitrogen and oxygen atoms in total. The molecule has 0 atom stereocenters. The van der Waals surface area contributed by atoms with Gasteiger partial charge in [-0.15, -0.1) is 0 Å². The molecule has 0 amide bonds. The molecular weight excluding hydrogens is 222 g/mol. The van der Waals surface area contributed by atoms with Crippen molar-refractivity contribution in [3.63, 3.8) is 0 Å². The summed E-state index contributed by atoms with van der Waals surface area (Å²) in [7, 11) is 0. The summed E-state index contributed by atoms with van der Waals surface area (Å²) in [6.45, 7) is 7.12. The Morgan fingerprint density at radius 1 is 1.06 bits per heavy atom. The second kappa shape index (κ2) is 5.75. The Kier molecular flexibility index (Phi) is 4.28. The van der Waals surface area contributed by atoms with Crippen molar-refractivity contribution in [1.82, 2.24) is 0 Å². The van der Waals surface area contributed by atoms with Crippen LogP contribution in [0.2, 0.25) is 0 Å². The predicted octanol–water partition coefficient (Wildman–Crippen LogP) is 3.59. The molecule has 0 unspecified atom stereocenters. The first-order valence-electron chi connectivity index (χ1n) is 7.18. The molecule has 1 N–H and O–H groups in total. The number of piperidine rings is 1. The second-order valence-corrected chi connectivity index (χ2v) is 5.52. The Morgan fingerprint density at radius 3 is 2.06 bits per heavy atom. The first-order chi connectivity index (χ1) is 8.73. The molecule has 1 aromatic carbocycles. The highest BCUT2D eigenvalue weighted by molar-refractivity contribution is 5.48. The maximum Gasteiger partial charge on any atom is 0.0681 e. The van der Waals surface area contributed by atoms with Gasteiger partial charge in [-0.2, -0.15) is 0 Å². The molecule has 1 aliphatic rings. The van der Waals surface area contributed by atoms with Crippen molar-refractivity contribution in [1.29, 1.82) is 0 Å². The molecule has 1 heterocycles. The summed E-state index contributed by atoms with van der Waals surface area (Å²) in [6, 6.07) is 8.32. The van der Waals surface area contributed by atoms with Gasteiger partial charge in [-0.1, -0.05) is 38.8 Å². The summed E-state index contributed by atoms with van der Waals surface area (Å²) >= 11 is 0. The third-order valence-corrected chi connectivity index (χ3v) is 4.81. The number of benzene rings is 1. The molecule has 1 saturated heterocycles. The molecule has 1 aromatic rings. The number of nitrogens with zero attached hydrogens (tertiary/aromatic N) is 1. The standard InChI is InChI=1S/C16H25NO/c1-3-16(4-2)9-11-17(12-10-16)15-7-5-14(13-18)6-8-15/h5-8,18H,3-4,9-13H2,1-2H3. The van der Waals surface area contributed by atoms with Gasteiger partial charge in [0.05, 0.1) is 6.61 Å². The fourth-order valence-corrected chi connectivity index (χ4v) is 3.01. The van der Waals surface area contributed by atoms with Crippen molar-refractivity contribution in [2.75, 3.05) is 18.0 Å². The molecule has 1 aliphatic heterocycles. The average molecular weight is 247 g/mol. The van der Waals surface area contributed by atoms with Crippen LogP contribution in [0.15, 0.2) is 24.3 Å². The van der Waals surface area contributed by atoms with Gasteiger partial charge in [-0.25, -0.2) is 0 Å². The largest absolute Gasteiger partial charge is 0.392 e. The van der Waals surface area contributed by atoms with Crippen LogP contribution < -0.4 is 4.90 Å². The van der Waals surface area contributed by atoms with Crippen molar-refractivity contribution in [2.24, 2.45) is 5.41 Å². The van der Waals surface area contributed by atoms with Gasteiger partial charge in [0.2, 0.25) is 0 Å². The Hall–Kier alpha value is -1.02. The third kappa shape index (κ3) is 2.69. The van der Waals surface area contributed by atoms with Crippen LogP contribution in [0, 0.1) is 5.41 Å².